The molecule has 0 aliphatic carbocycles. The quantitative estimate of drug-likeness (QED) is 0.395. The van der Waals surface area contributed by atoms with Gasteiger partial charge in [0.25, 0.3) is 0 Å². The van der Waals surface area contributed by atoms with Gasteiger partial charge in [0.05, 0.1) is 5.69 Å². The van der Waals surface area contributed by atoms with Crippen LogP contribution in [0.15, 0.2) is 67.0 Å². The molecule has 6 nitrogen and oxygen atoms in total. The van der Waals surface area contributed by atoms with Gasteiger partial charge in [-0.1, -0.05) is 36.4 Å². The molecule has 166 valence electrons. The highest BCUT2D eigenvalue weighted by molar-refractivity contribution is 7.97. The van der Waals surface area contributed by atoms with Gasteiger partial charge >= 0.3 is 0 Å². The van der Waals surface area contributed by atoms with Crippen molar-refractivity contribution < 1.29 is 4.39 Å². The van der Waals surface area contributed by atoms with E-state index in [0.29, 0.717) is 18.9 Å². The number of nitrogens with one attached hydrogen (secondary N) is 1. The Morgan fingerprint density at radius 2 is 1.84 bits per heavy atom. The summed E-state index contributed by atoms with van der Waals surface area (Å²) in [6, 6.07) is 18.3. The van der Waals surface area contributed by atoms with Crippen LogP contribution in [0.2, 0.25) is 0 Å². The Kier molecular flexibility index (Phi) is 6.80. The van der Waals surface area contributed by atoms with Crippen molar-refractivity contribution in [2.24, 2.45) is 7.05 Å². The van der Waals surface area contributed by atoms with Crippen molar-refractivity contribution in [1.82, 2.24) is 19.6 Å². The molecule has 0 fully saturated rings. The number of benzene rings is 2. The minimum atomic E-state index is -0.350. The molecular weight excluding hydrogens is 423 g/mol. The molecule has 0 aliphatic heterocycles. The van der Waals surface area contributed by atoms with Gasteiger partial charge in [0.2, 0.25) is 5.82 Å². The molecule has 4 rings (SSSR count). The summed E-state index contributed by atoms with van der Waals surface area (Å²) < 4.78 is 18.6. The number of hydrogen-bond donors (Lipinski definition) is 1. The lowest BCUT2D eigenvalue weighted by Crippen LogP contribution is -2.20. The molecule has 4 aromatic rings. The van der Waals surface area contributed by atoms with E-state index in [4.69, 9.17) is 0 Å². The maximum atomic E-state index is 15.2. The molecule has 0 atom stereocenters. The summed E-state index contributed by atoms with van der Waals surface area (Å²) in [6.45, 7) is 1.06. The molecule has 2 aromatic carbocycles. The predicted octanol–water partition coefficient (Wildman–Crippen LogP) is 4.86. The Bertz CT molecular complexity index is 1150. The zero-order valence-corrected chi connectivity index (χ0v) is 19.3. The highest BCUT2D eigenvalue weighted by Crippen LogP contribution is 2.26. The van der Waals surface area contributed by atoms with E-state index in [1.54, 1.807) is 29.7 Å². The first-order chi connectivity index (χ1) is 15.5. The first-order valence-corrected chi connectivity index (χ1v) is 11.8. The minimum absolute atomic E-state index is 0.257. The van der Waals surface area contributed by atoms with Gasteiger partial charge in [-0.2, -0.15) is 26.3 Å². The molecule has 2 heterocycles. The Morgan fingerprint density at radius 1 is 1.06 bits per heavy atom. The van der Waals surface area contributed by atoms with Gasteiger partial charge in [0.15, 0.2) is 11.6 Å². The molecule has 0 bridgehead atoms. The molecule has 0 saturated heterocycles. The van der Waals surface area contributed by atoms with E-state index < -0.39 is 0 Å². The number of thioether (sulfide) groups is 1. The topological polar surface area (TPSA) is 50.9 Å². The molecule has 8 heteroatoms. The van der Waals surface area contributed by atoms with Crippen LogP contribution < -0.4 is 10.2 Å². The molecule has 0 radical (unpaired) electrons. The summed E-state index contributed by atoms with van der Waals surface area (Å²) in [5, 5.41) is 11.8. The number of anilines is 2. The Balaban J connectivity index is 1.44. The van der Waals surface area contributed by atoms with E-state index >= 15 is 4.39 Å². The molecule has 32 heavy (non-hydrogen) atoms. The summed E-state index contributed by atoms with van der Waals surface area (Å²) in [6.07, 6.45) is 5.74. The molecule has 0 aliphatic rings. The maximum Gasteiger partial charge on any atom is 0.209 e. The zero-order chi connectivity index (χ0) is 22.5. The summed E-state index contributed by atoms with van der Waals surface area (Å²) in [7, 11) is 3.63. The van der Waals surface area contributed by atoms with E-state index in [1.807, 2.05) is 47.1 Å². The van der Waals surface area contributed by atoms with Crippen molar-refractivity contribution in [3.05, 3.63) is 89.5 Å². The second kappa shape index (κ2) is 9.91. The highest BCUT2D eigenvalue weighted by Gasteiger charge is 2.20. The largest absolute Gasteiger partial charge is 0.362 e. The average Bonchev–Trinajstić information content (AvgIpc) is 3.42. The van der Waals surface area contributed by atoms with Crippen molar-refractivity contribution in [3.8, 4) is 5.69 Å². The minimum Gasteiger partial charge on any atom is -0.362 e. The Hall–Kier alpha value is -3.26. The number of aromatic nitrogens is 4. The van der Waals surface area contributed by atoms with Crippen molar-refractivity contribution in [1.29, 1.82) is 0 Å². The van der Waals surface area contributed by atoms with Gasteiger partial charge in [-0.15, -0.1) is 0 Å². The highest BCUT2D eigenvalue weighted by atomic mass is 32.2. The predicted molar refractivity (Wildman–Crippen MR) is 130 cm³/mol. The summed E-state index contributed by atoms with van der Waals surface area (Å²) in [5.41, 5.74) is 4.40. The van der Waals surface area contributed by atoms with Crippen molar-refractivity contribution in [2.75, 3.05) is 23.5 Å². The van der Waals surface area contributed by atoms with Gasteiger partial charge in [-0.3, -0.25) is 0 Å². The SMILES string of the molecule is CSCc1ccc(CNc2nn(C)c(N(C)Cc3cccc(-n4cccn4)c3)c2F)cc1. The smallest absolute Gasteiger partial charge is 0.209 e. The summed E-state index contributed by atoms with van der Waals surface area (Å²) in [4.78, 5) is 1.87. The van der Waals surface area contributed by atoms with Crippen LogP contribution in [-0.4, -0.2) is 32.9 Å². The fourth-order valence-electron chi connectivity index (χ4n) is 3.69. The van der Waals surface area contributed by atoms with Crippen molar-refractivity contribution in [2.45, 2.75) is 18.8 Å². The van der Waals surface area contributed by atoms with E-state index in [0.717, 1.165) is 22.6 Å². The van der Waals surface area contributed by atoms with Gasteiger partial charge in [-0.25, -0.2) is 9.36 Å². The molecule has 0 unspecified atom stereocenters. The Morgan fingerprint density at radius 3 is 2.56 bits per heavy atom. The first-order valence-electron chi connectivity index (χ1n) is 10.4. The molecule has 0 amide bonds. The monoisotopic (exact) mass is 450 g/mol. The second-order valence-corrected chi connectivity index (χ2v) is 8.56. The summed E-state index contributed by atoms with van der Waals surface area (Å²) >= 11 is 1.79. The van der Waals surface area contributed by atoms with E-state index in [2.05, 4.69) is 52.1 Å². The van der Waals surface area contributed by atoms with Crippen LogP contribution in [0.4, 0.5) is 16.0 Å². The number of nitrogens with zero attached hydrogens (tertiary/aromatic N) is 5. The number of aryl methyl sites for hydroxylation is 1. The molecule has 2 aromatic heterocycles. The standard InChI is InChI=1S/C24H27FN6S/c1-29(16-20-6-4-7-21(14-20)31-13-5-12-27-31)24-22(25)23(28-30(24)2)26-15-18-8-10-19(11-9-18)17-32-3/h4-14H,15-17H2,1-3H3,(H,26,28). The fourth-order valence-corrected chi connectivity index (χ4v) is 4.22. The van der Waals surface area contributed by atoms with Crippen LogP contribution in [-0.2, 0) is 25.9 Å². The lowest BCUT2D eigenvalue weighted by atomic mass is 10.1. The first kappa shape index (κ1) is 22.0. The number of rotatable bonds is 9. The van der Waals surface area contributed by atoms with Crippen LogP contribution in [0.1, 0.15) is 16.7 Å². The zero-order valence-electron chi connectivity index (χ0n) is 18.5. The van der Waals surface area contributed by atoms with E-state index in [-0.39, 0.29) is 11.6 Å². The fraction of sp³-hybridized carbons (Fsp3) is 0.250. The molecular formula is C24H27FN6S. The Labute approximate surface area is 192 Å². The normalized spacial score (nSPS) is 11.0. The third kappa shape index (κ3) is 4.96. The van der Waals surface area contributed by atoms with Crippen LogP contribution >= 0.6 is 11.8 Å². The lowest BCUT2D eigenvalue weighted by molar-refractivity contribution is 0.618. The van der Waals surface area contributed by atoms with Gasteiger partial charge in [0.1, 0.15) is 0 Å². The van der Waals surface area contributed by atoms with Gasteiger partial charge in [-0.05, 0) is 41.1 Å². The molecule has 1 N–H and O–H groups in total. The van der Waals surface area contributed by atoms with Gasteiger partial charge in [0, 0.05) is 45.3 Å². The van der Waals surface area contributed by atoms with E-state index in [1.165, 1.54) is 5.56 Å². The molecule has 0 saturated carbocycles. The van der Waals surface area contributed by atoms with Crippen molar-refractivity contribution >= 4 is 23.4 Å². The number of halogens is 1. The lowest BCUT2D eigenvalue weighted by Gasteiger charge is -2.19. The van der Waals surface area contributed by atoms with Crippen molar-refractivity contribution in [3.63, 3.8) is 0 Å². The number of hydrogen-bond acceptors (Lipinski definition) is 5. The average molecular weight is 451 g/mol. The molecule has 0 spiro atoms. The van der Waals surface area contributed by atoms with E-state index in [9.17, 15) is 0 Å². The van der Waals surface area contributed by atoms with Crippen LogP contribution in [0, 0.1) is 5.82 Å². The second-order valence-electron chi connectivity index (χ2n) is 7.69. The third-order valence-corrected chi connectivity index (χ3v) is 5.84. The van der Waals surface area contributed by atoms with Crippen LogP contribution in [0.25, 0.3) is 5.69 Å². The summed E-state index contributed by atoms with van der Waals surface area (Å²) in [5.74, 6) is 1.33. The maximum absolute atomic E-state index is 15.2. The van der Waals surface area contributed by atoms with Gasteiger partial charge < -0.3 is 10.2 Å². The third-order valence-electron chi connectivity index (χ3n) is 5.22. The van der Waals surface area contributed by atoms with Crippen LogP contribution in [0.5, 0.6) is 0 Å². The van der Waals surface area contributed by atoms with Crippen LogP contribution in [0.3, 0.4) is 0 Å².